The summed E-state index contributed by atoms with van der Waals surface area (Å²) in [4.78, 5) is 11.1. The third-order valence-corrected chi connectivity index (χ3v) is 3.11. The molecule has 1 N–H and O–H groups in total. The van der Waals surface area contributed by atoms with E-state index in [4.69, 9.17) is 4.74 Å². The molecule has 0 amide bonds. The number of rotatable bonds is 6. The molecule has 21 heavy (non-hydrogen) atoms. The van der Waals surface area contributed by atoms with Crippen molar-refractivity contribution < 1.29 is 19.4 Å². The Hall–Kier alpha value is -2.49. The molecule has 4 heteroatoms. The van der Waals surface area contributed by atoms with E-state index in [1.54, 1.807) is 12.1 Å². The largest absolute Gasteiger partial charge is 0.504 e. The fraction of sp³-hybridized carbons (Fsp3) is 0.235. The summed E-state index contributed by atoms with van der Waals surface area (Å²) >= 11 is 0. The summed E-state index contributed by atoms with van der Waals surface area (Å²) in [5.74, 6) is 0.243. The Labute approximate surface area is 123 Å². The lowest BCUT2D eigenvalue weighted by molar-refractivity contribution is -0.140. The molecular weight excluding hydrogens is 268 g/mol. The molecule has 0 aliphatic heterocycles. The molecule has 0 aromatic heterocycles. The number of hydrogen-bond donors (Lipinski definition) is 1. The van der Waals surface area contributed by atoms with Crippen LogP contribution in [0.3, 0.4) is 0 Å². The maximum absolute atomic E-state index is 11.1. The van der Waals surface area contributed by atoms with Gasteiger partial charge in [-0.25, -0.2) is 0 Å². The molecule has 0 bridgehead atoms. The van der Waals surface area contributed by atoms with Gasteiger partial charge in [-0.1, -0.05) is 36.4 Å². The summed E-state index contributed by atoms with van der Waals surface area (Å²) < 4.78 is 10.2. The number of ether oxygens (including phenoxy) is 2. The average Bonchev–Trinajstić information content (AvgIpc) is 2.52. The van der Waals surface area contributed by atoms with Crippen LogP contribution >= 0.6 is 0 Å². The van der Waals surface area contributed by atoms with Gasteiger partial charge in [0.2, 0.25) is 0 Å². The number of phenols is 1. The molecular formula is C17H18O4. The van der Waals surface area contributed by atoms with Gasteiger partial charge in [-0.3, -0.25) is 4.79 Å². The van der Waals surface area contributed by atoms with Crippen molar-refractivity contribution in [1.29, 1.82) is 0 Å². The number of carbonyl (C=O) groups is 1. The topological polar surface area (TPSA) is 55.8 Å². The molecule has 0 spiro atoms. The highest BCUT2D eigenvalue weighted by Gasteiger charge is 2.06. The van der Waals surface area contributed by atoms with Gasteiger partial charge in [-0.05, 0) is 29.7 Å². The molecule has 0 fully saturated rings. The van der Waals surface area contributed by atoms with Crippen LogP contribution in [-0.2, 0) is 22.6 Å². The van der Waals surface area contributed by atoms with Crippen molar-refractivity contribution in [1.82, 2.24) is 0 Å². The van der Waals surface area contributed by atoms with Crippen molar-refractivity contribution in [2.24, 2.45) is 0 Å². The van der Waals surface area contributed by atoms with E-state index in [0.29, 0.717) is 25.2 Å². The Morgan fingerprint density at radius 2 is 1.86 bits per heavy atom. The first-order valence-corrected chi connectivity index (χ1v) is 6.74. The Morgan fingerprint density at radius 3 is 2.52 bits per heavy atom. The zero-order chi connectivity index (χ0) is 15.1. The van der Waals surface area contributed by atoms with E-state index in [9.17, 15) is 9.90 Å². The van der Waals surface area contributed by atoms with Crippen LogP contribution in [0.15, 0.2) is 48.5 Å². The van der Waals surface area contributed by atoms with Crippen LogP contribution in [0.5, 0.6) is 11.5 Å². The van der Waals surface area contributed by atoms with Gasteiger partial charge in [0, 0.05) is 6.42 Å². The molecule has 0 aliphatic carbocycles. The van der Waals surface area contributed by atoms with Crippen molar-refractivity contribution in [3.05, 3.63) is 59.7 Å². The van der Waals surface area contributed by atoms with Crippen LogP contribution in [0.1, 0.15) is 17.5 Å². The third-order valence-electron chi connectivity index (χ3n) is 3.11. The minimum absolute atomic E-state index is 0.0771. The molecule has 0 radical (unpaired) electrons. The minimum Gasteiger partial charge on any atom is -0.504 e. The zero-order valence-electron chi connectivity index (χ0n) is 11.9. The van der Waals surface area contributed by atoms with E-state index in [-0.39, 0.29) is 11.7 Å². The Balaban J connectivity index is 1.94. The first kappa shape index (κ1) is 14.9. The van der Waals surface area contributed by atoms with Gasteiger partial charge in [0.25, 0.3) is 0 Å². The lowest BCUT2D eigenvalue weighted by atomic mass is 10.1. The maximum Gasteiger partial charge on any atom is 0.305 e. The van der Waals surface area contributed by atoms with Gasteiger partial charge in [0.05, 0.1) is 7.11 Å². The Bertz CT molecular complexity index is 593. The lowest BCUT2D eigenvalue weighted by Gasteiger charge is -2.09. The van der Waals surface area contributed by atoms with Crippen LogP contribution < -0.4 is 4.74 Å². The van der Waals surface area contributed by atoms with Crippen LogP contribution in [0, 0.1) is 0 Å². The van der Waals surface area contributed by atoms with E-state index in [1.807, 2.05) is 36.4 Å². The molecule has 0 heterocycles. The molecule has 4 nitrogen and oxygen atoms in total. The summed E-state index contributed by atoms with van der Waals surface area (Å²) in [7, 11) is 1.36. The summed E-state index contributed by atoms with van der Waals surface area (Å²) in [6, 6.07) is 14.9. The standard InChI is InChI=1S/C17H18O4/c1-20-17(19)10-8-13-7-9-16(15(18)11-13)21-12-14-5-3-2-4-6-14/h2-7,9,11,18H,8,10,12H2,1H3. The van der Waals surface area contributed by atoms with E-state index in [2.05, 4.69) is 4.74 Å². The molecule has 0 saturated heterocycles. The number of esters is 1. The van der Waals surface area contributed by atoms with E-state index in [1.165, 1.54) is 7.11 Å². The fourth-order valence-electron chi connectivity index (χ4n) is 1.92. The molecule has 0 saturated carbocycles. The number of methoxy groups -OCH3 is 1. The smallest absolute Gasteiger partial charge is 0.305 e. The summed E-state index contributed by atoms with van der Waals surface area (Å²) in [6.07, 6.45) is 0.819. The highest BCUT2D eigenvalue weighted by Crippen LogP contribution is 2.28. The van der Waals surface area contributed by atoms with E-state index in [0.717, 1.165) is 11.1 Å². The quantitative estimate of drug-likeness (QED) is 0.829. The summed E-state index contributed by atoms with van der Waals surface area (Å²) in [5, 5.41) is 9.95. The summed E-state index contributed by atoms with van der Waals surface area (Å²) in [5.41, 5.74) is 1.90. The first-order valence-electron chi connectivity index (χ1n) is 6.74. The van der Waals surface area contributed by atoms with Crippen molar-refractivity contribution in [2.45, 2.75) is 19.4 Å². The van der Waals surface area contributed by atoms with Crippen molar-refractivity contribution >= 4 is 5.97 Å². The van der Waals surface area contributed by atoms with Gasteiger partial charge in [-0.2, -0.15) is 0 Å². The molecule has 2 aromatic rings. The molecule has 2 rings (SSSR count). The van der Waals surface area contributed by atoms with Gasteiger partial charge < -0.3 is 14.6 Å². The molecule has 0 unspecified atom stereocenters. The molecule has 110 valence electrons. The minimum atomic E-state index is -0.265. The predicted octanol–water partition coefficient (Wildman–Crippen LogP) is 3.08. The highest BCUT2D eigenvalue weighted by atomic mass is 16.5. The van der Waals surface area contributed by atoms with Gasteiger partial charge in [-0.15, -0.1) is 0 Å². The number of aryl methyl sites for hydroxylation is 1. The van der Waals surface area contributed by atoms with Crippen molar-refractivity contribution in [3.63, 3.8) is 0 Å². The summed E-state index contributed by atoms with van der Waals surface area (Å²) in [6.45, 7) is 0.399. The number of carbonyl (C=O) groups excluding carboxylic acids is 1. The first-order chi connectivity index (χ1) is 10.2. The number of phenolic OH excluding ortho intramolecular Hbond substituents is 1. The third kappa shape index (κ3) is 4.53. The second kappa shape index (κ2) is 7.33. The predicted molar refractivity (Wildman–Crippen MR) is 79.2 cm³/mol. The highest BCUT2D eigenvalue weighted by molar-refractivity contribution is 5.69. The molecule has 0 aliphatic rings. The van der Waals surface area contributed by atoms with Crippen LogP contribution in [-0.4, -0.2) is 18.2 Å². The average molecular weight is 286 g/mol. The second-order valence-corrected chi connectivity index (χ2v) is 4.65. The zero-order valence-corrected chi connectivity index (χ0v) is 11.9. The monoisotopic (exact) mass is 286 g/mol. The normalized spacial score (nSPS) is 10.1. The van der Waals surface area contributed by atoms with Gasteiger partial charge >= 0.3 is 5.97 Å². The van der Waals surface area contributed by atoms with Crippen LogP contribution in [0.4, 0.5) is 0 Å². The molecule has 2 aromatic carbocycles. The van der Waals surface area contributed by atoms with Gasteiger partial charge in [0.1, 0.15) is 6.61 Å². The van der Waals surface area contributed by atoms with Gasteiger partial charge in [0.15, 0.2) is 11.5 Å². The maximum atomic E-state index is 11.1. The fourth-order valence-corrected chi connectivity index (χ4v) is 1.92. The van der Waals surface area contributed by atoms with Crippen LogP contribution in [0.25, 0.3) is 0 Å². The van der Waals surface area contributed by atoms with E-state index >= 15 is 0 Å². The van der Waals surface area contributed by atoms with Crippen molar-refractivity contribution in [3.8, 4) is 11.5 Å². The van der Waals surface area contributed by atoms with E-state index < -0.39 is 0 Å². The number of aromatic hydroxyl groups is 1. The Morgan fingerprint density at radius 1 is 1.10 bits per heavy atom. The van der Waals surface area contributed by atoms with Crippen LogP contribution in [0.2, 0.25) is 0 Å². The second-order valence-electron chi connectivity index (χ2n) is 4.65. The Kier molecular flexibility index (Phi) is 5.21. The number of hydrogen-bond acceptors (Lipinski definition) is 4. The van der Waals surface area contributed by atoms with Crippen molar-refractivity contribution in [2.75, 3.05) is 7.11 Å². The lowest BCUT2D eigenvalue weighted by Crippen LogP contribution is -2.02. The number of benzene rings is 2. The molecule has 0 atom stereocenters. The SMILES string of the molecule is COC(=O)CCc1ccc(OCc2ccccc2)c(O)c1.